The van der Waals surface area contributed by atoms with Crippen LogP contribution < -0.4 is 15.5 Å². The van der Waals surface area contributed by atoms with Crippen molar-refractivity contribution in [2.45, 2.75) is 57.3 Å². The van der Waals surface area contributed by atoms with E-state index < -0.39 is 41.2 Å². The van der Waals surface area contributed by atoms with Gasteiger partial charge in [0.05, 0.1) is 29.6 Å². The Bertz CT molecular complexity index is 1150. The molecule has 4 amide bonds. The number of carbonyl (C=O) groups is 3. The number of anilines is 1. The van der Waals surface area contributed by atoms with Crippen LogP contribution in [0.2, 0.25) is 0 Å². The summed E-state index contributed by atoms with van der Waals surface area (Å²) < 4.78 is 27.1. The van der Waals surface area contributed by atoms with Crippen molar-refractivity contribution >= 4 is 34.5 Å². The molecule has 6 rings (SSSR count). The van der Waals surface area contributed by atoms with Crippen molar-refractivity contribution in [2.75, 3.05) is 11.4 Å². The molecule has 10 heteroatoms. The molecule has 1 aromatic carbocycles. The minimum absolute atomic E-state index is 0.0569. The molecule has 1 saturated carbocycles. The van der Waals surface area contributed by atoms with Crippen molar-refractivity contribution in [3.8, 4) is 0 Å². The van der Waals surface area contributed by atoms with Crippen molar-refractivity contribution in [1.29, 1.82) is 0 Å². The monoisotopic (exact) mass is 428 g/mol. The van der Waals surface area contributed by atoms with Gasteiger partial charge in [-0.15, -0.1) is 0 Å². The average Bonchev–Trinajstić information content (AvgIpc) is 3.44. The van der Waals surface area contributed by atoms with E-state index in [0.717, 1.165) is 12.8 Å². The summed E-state index contributed by atoms with van der Waals surface area (Å²) in [6.07, 6.45) is 1.07. The molecule has 1 aromatic heterocycles. The van der Waals surface area contributed by atoms with Crippen LogP contribution in [0.15, 0.2) is 10.6 Å². The van der Waals surface area contributed by atoms with Gasteiger partial charge < -0.3 is 14.2 Å². The van der Waals surface area contributed by atoms with Crippen LogP contribution in [-0.4, -0.2) is 47.8 Å². The molecule has 2 N–H and O–H groups in total. The molecule has 31 heavy (non-hydrogen) atoms. The summed E-state index contributed by atoms with van der Waals surface area (Å²) in [6, 6.07) is 0.145. The predicted octanol–water partition coefficient (Wildman–Crippen LogP) is 1.73. The summed E-state index contributed by atoms with van der Waals surface area (Å²) >= 11 is 0. The lowest BCUT2D eigenvalue weighted by molar-refractivity contribution is -0.153. The van der Waals surface area contributed by atoms with Gasteiger partial charge in [-0.3, -0.25) is 20.2 Å². The second kappa shape index (κ2) is 6.03. The van der Waals surface area contributed by atoms with Crippen molar-refractivity contribution in [2.24, 2.45) is 5.41 Å². The number of fused-ring (bicyclic) bond motifs is 5. The number of nitrogens with one attached hydrogen (secondary N) is 2. The lowest BCUT2D eigenvalue weighted by atomic mass is 9.66. The number of morpholine rings is 1. The maximum atomic E-state index is 15.8. The molecular formula is C21H21FN4O5. The van der Waals surface area contributed by atoms with E-state index in [9.17, 15) is 14.4 Å². The largest absolute Gasteiger partial charge is 0.372 e. The SMILES string of the molecule is C[C@@H]1CN2c3c(cc4c(C5CC5)noc4c3F)CC3(C(=O)NC(=O)NC3=O)[C@H]2[C@H](C)O1. The minimum atomic E-state index is -1.63. The fourth-order valence-electron chi connectivity index (χ4n) is 5.62. The molecule has 162 valence electrons. The number of aromatic nitrogens is 1. The number of rotatable bonds is 1. The highest BCUT2D eigenvalue weighted by Crippen LogP contribution is 2.50. The van der Waals surface area contributed by atoms with Gasteiger partial charge in [0.2, 0.25) is 17.4 Å². The highest BCUT2D eigenvalue weighted by atomic mass is 19.1. The number of benzene rings is 1. The fraction of sp³-hybridized carbons (Fsp3) is 0.524. The van der Waals surface area contributed by atoms with E-state index >= 15 is 4.39 Å². The van der Waals surface area contributed by atoms with Gasteiger partial charge in [-0.2, -0.15) is 0 Å². The van der Waals surface area contributed by atoms with Crippen molar-refractivity contribution in [1.82, 2.24) is 15.8 Å². The van der Waals surface area contributed by atoms with E-state index in [4.69, 9.17) is 9.26 Å². The van der Waals surface area contributed by atoms with Gasteiger partial charge in [0.1, 0.15) is 0 Å². The first-order valence-corrected chi connectivity index (χ1v) is 10.5. The summed E-state index contributed by atoms with van der Waals surface area (Å²) in [6.45, 7) is 3.89. The van der Waals surface area contributed by atoms with Crippen molar-refractivity contribution < 1.29 is 28.0 Å². The van der Waals surface area contributed by atoms with Crippen LogP contribution in [0.3, 0.4) is 0 Å². The van der Waals surface area contributed by atoms with Gasteiger partial charge in [-0.1, -0.05) is 5.16 Å². The van der Waals surface area contributed by atoms with E-state index in [1.54, 1.807) is 17.9 Å². The van der Waals surface area contributed by atoms with Crippen LogP contribution in [-0.2, 0) is 20.7 Å². The molecule has 3 fully saturated rings. The standard InChI is InChI=1S/C21H21FN4O5/c1-8-7-26-15-11(5-12-14(10-3-4-10)25-31-16(12)13(15)22)6-21(17(26)9(2)30-8)18(27)23-20(29)24-19(21)28/h5,8-10,17H,3-4,6-7H2,1-2H3,(H2,23,24,27,28,29)/t8-,9+,17-/m1/s1. The molecule has 9 nitrogen and oxygen atoms in total. The Balaban J connectivity index is 1.61. The number of amides is 4. The lowest BCUT2D eigenvalue weighted by Crippen LogP contribution is -2.75. The molecule has 3 atom stereocenters. The summed E-state index contributed by atoms with van der Waals surface area (Å²) in [5.74, 6) is -1.69. The number of hydrogen-bond acceptors (Lipinski definition) is 7. The molecule has 2 saturated heterocycles. The van der Waals surface area contributed by atoms with Gasteiger partial charge in [0, 0.05) is 24.3 Å². The number of carbonyl (C=O) groups excluding carboxylic acids is 3. The summed E-state index contributed by atoms with van der Waals surface area (Å²) in [4.78, 5) is 39.9. The van der Waals surface area contributed by atoms with E-state index in [2.05, 4.69) is 15.8 Å². The molecule has 4 heterocycles. The summed E-state index contributed by atoms with van der Waals surface area (Å²) in [7, 11) is 0. The van der Waals surface area contributed by atoms with Gasteiger partial charge in [0.15, 0.2) is 11.2 Å². The Hall–Kier alpha value is -3.01. The highest BCUT2D eigenvalue weighted by Gasteiger charge is 2.63. The van der Waals surface area contributed by atoms with E-state index in [1.807, 2.05) is 6.92 Å². The van der Waals surface area contributed by atoms with Crippen molar-refractivity contribution in [3.63, 3.8) is 0 Å². The summed E-state index contributed by atoms with van der Waals surface area (Å²) in [5.41, 5.74) is 0.00455. The maximum Gasteiger partial charge on any atom is 0.328 e. The van der Waals surface area contributed by atoms with Crippen molar-refractivity contribution in [3.05, 3.63) is 23.1 Å². The maximum absolute atomic E-state index is 15.8. The van der Waals surface area contributed by atoms with Crippen LogP contribution in [0.4, 0.5) is 14.9 Å². The van der Waals surface area contributed by atoms with Gasteiger partial charge in [-0.05, 0) is 38.3 Å². The molecule has 0 bridgehead atoms. The molecule has 0 unspecified atom stereocenters. The molecule has 1 aliphatic carbocycles. The summed E-state index contributed by atoms with van der Waals surface area (Å²) in [5, 5.41) is 9.16. The quantitative estimate of drug-likeness (QED) is 0.665. The Morgan fingerprint density at radius 1 is 1.19 bits per heavy atom. The van der Waals surface area contributed by atoms with Gasteiger partial charge in [-0.25, -0.2) is 9.18 Å². The number of barbiturate groups is 1. The van der Waals surface area contributed by atoms with Crippen LogP contribution >= 0.6 is 0 Å². The van der Waals surface area contributed by atoms with Gasteiger partial charge in [0.25, 0.3) is 0 Å². The Labute approximate surface area is 176 Å². The third kappa shape index (κ3) is 2.39. The van der Waals surface area contributed by atoms with Crippen LogP contribution in [0.25, 0.3) is 11.0 Å². The van der Waals surface area contributed by atoms with Crippen LogP contribution in [0, 0.1) is 11.2 Å². The van der Waals surface area contributed by atoms with Crippen LogP contribution in [0.5, 0.6) is 0 Å². The molecular weight excluding hydrogens is 407 g/mol. The zero-order valence-electron chi connectivity index (χ0n) is 17.0. The van der Waals surface area contributed by atoms with Crippen LogP contribution in [0.1, 0.15) is 43.9 Å². The Morgan fingerprint density at radius 3 is 2.58 bits per heavy atom. The molecule has 3 aliphatic heterocycles. The number of halogens is 1. The Morgan fingerprint density at radius 2 is 1.90 bits per heavy atom. The normalized spacial score (nSPS) is 29.6. The second-order valence-corrected chi connectivity index (χ2v) is 9.05. The van der Waals surface area contributed by atoms with E-state index in [1.165, 1.54) is 0 Å². The third-order valence-corrected chi connectivity index (χ3v) is 6.96. The smallest absolute Gasteiger partial charge is 0.328 e. The van der Waals surface area contributed by atoms with E-state index in [0.29, 0.717) is 22.3 Å². The number of hydrogen-bond donors (Lipinski definition) is 2. The lowest BCUT2D eigenvalue weighted by Gasteiger charge is -2.55. The first-order valence-electron chi connectivity index (χ1n) is 10.5. The molecule has 4 aliphatic rings. The second-order valence-electron chi connectivity index (χ2n) is 9.05. The fourth-order valence-corrected chi connectivity index (χ4v) is 5.62. The van der Waals surface area contributed by atoms with E-state index in [-0.39, 0.29) is 30.6 Å². The minimum Gasteiger partial charge on any atom is -0.372 e. The zero-order chi connectivity index (χ0) is 21.7. The first-order chi connectivity index (χ1) is 14.8. The first kappa shape index (κ1) is 18.7. The average molecular weight is 428 g/mol. The molecule has 1 spiro atoms. The molecule has 0 radical (unpaired) electrons. The van der Waals surface area contributed by atoms with Gasteiger partial charge >= 0.3 is 6.03 Å². The predicted molar refractivity (Wildman–Crippen MR) is 105 cm³/mol. The number of nitrogens with zero attached hydrogens (tertiary/aromatic N) is 2. The number of urea groups is 1. The Kier molecular flexibility index (Phi) is 3.64. The number of ether oxygens (including phenoxy) is 1. The molecule has 2 aromatic rings. The zero-order valence-corrected chi connectivity index (χ0v) is 17.0. The number of imide groups is 2. The topological polar surface area (TPSA) is 114 Å². The highest BCUT2D eigenvalue weighted by molar-refractivity contribution is 6.20. The third-order valence-electron chi connectivity index (χ3n) is 6.96.